The van der Waals surface area contributed by atoms with Gasteiger partial charge in [-0.1, -0.05) is 56.6 Å². The highest BCUT2D eigenvalue weighted by Gasteiger charge is 2.23. The summed E-state index contributed by atoms with van der Waals surface area (Å²) < 4.78 is 0. The van der Waals surface area contributed by atoms with Crippen molar-refractivity contribution in [3.63, 3.8) is 0 Å². The standard InChI is InChI=1S/C29H32ClN3O2S/c1-29(2,3)21-8-14-24(15-9-21)36-20-27(34)31-22-10-12-23(13-11-22)32-16-18-33(19-17-32)28(35)25-6-4-5-7-26(25)30/h4-15H,16-20H2,1-3H3,(H,31,34). The van der Waals surface area contributed by atoms with Crippen LogP contribution in [0.3, 0.4) is 0 Å². The molecule has 2 amide bonds. The fraction of sp³-hybridized carbons (Fsp3) is 0.310. The highest BCUT2D eigenvalue weighted by atomic mass is 35.5. The Labute approximate surface area is 222 Å². The van der Waals surface area contributed by atoms with E-state index in [1.807, 2.05) is 41.3 Å². The number of anilines is 2. The zero-order chi connectivity index (χ0) is 25.7. The number of rotatable bonds is 6. The molecule has 1 saturated heterocycles. The number of amides is 2. The van der Waals surface area contributed by atoms with Crippen LogP contribution in [-0.4, -0.2) is 48.6 Å². The summed E-state index contributed by atoms with van der Waals surface area (Å²) in [5, 5.41) is 3.47. The first-order valence-electron chi connectivity index (χ1n) is 12.1. The summed E-state index contributed by atoms with van der Waals surface area (Å²) in [6.07, 6.45) is 0. The molecular formula is C29H32ClN3O2S. The molecule has 0 atom stereocenters. The van der Waals surface area contributed by atoms with Crippen molar-refractivity contribution in [3.05, 3.63) is 88.9 Å². The normalized spacial score (nSPS) is 14.0. The summed E-state index contributed by atoms with van der Waals surface area (Å²) in [4.78, 5) is 30.4. The number of benzene rings is 3. The molecule has 1 N–H and O–H groups in total. The van der Waals surface area contributed by atoms with Gasteiger partial charge in [-0.15, -0.1) is 11.8 Å². The van der Waals surface area contributed by atoms with Gasteiger partial charge in [0, 0.05) is 42.4 Å². The Balaban J connectivity index is 1.25. The van der Waals surface area contributed by atoms with E-state index >= 15 is 0 Å². The molecule has 7 heteroatoms. The van der Waals surface area contributed by atoms with Gasteiger partial charge in [0.05, 0.1) is 16.3 Å². The molecule has 1 aliphatic rings. The highest BCUT2D eigenvalue weighted by Crippen LogP contribution is 2.26. The van der Waals surface area contributed by atoms with E-state index in [0.29, 0.717) is 29.4 Å². The minimum absolute atomic E-state index is 0.0266. The minimum Gasteiger partial charge on any atom is -0.368 e. The van der Waals surface area contributed by atoms with Gasteiger partial charge in [0.1, 0.15) is 0 Å². The van der Waals surface area contributed by atoms with Crippen molar-refractivity contribution in [3.8, 4) is 0 Å². The van der Waals surface area contributed by atoms with E-state index in [-0.39, 0.29) is 17.2 Å². The zero-order valence-corrected chi connectivity index (χ0v) is 22.5. The number of piperazine rings is 1. The highest BCUT2D eigenvalue weighted by molar-refractivity contribution is 8.00. The molecule has 4 rings (SSSR count). The second-order valence-corrected chi connectivity index (χ2v) is 11.4. The van der Waals surface area contributed by atoms with Crippen molar-refractivity contribution in [1.82, 2.24) is 4.90 Å². The molecule has 188 valence electrons. The minimum atomic E-state index is -0.0284. The van der Waals surface area contributed by atoms with Gasteiger partial charge < -0.3 is 15.1 Å². The second-order valence-electron chi connectivity index (χ2n) is 9.92. The SMILES string of the molecule is CC(C)(C)c1ccc(SCC(=O)Nc2ccc(N3CCN(C(=O)c4ccccc4Cl)CC3)cc2)cc1. The quantitative estimate of drug-likeness (QED) is 0.385. The topological polar surface area (TPSA) is 52.7 Å². The Hall–Kier alpha value is -2.96. The second kappa shape index (κ2) is 11.4. The monoisotopic (exact) mass is 521 g/mol. The summed E-state index contributed by atoms with van der Waals surface area (Å²) in [5.74, 6) is 0.304. The molecular weight excluding hydrogens is 490 g/mol. The smallest absolute Gasteiger partial charge is 0.255 e. The van der Waals surface area contributed by atoms with Crippen LogP contribution in [-0.2, 0) is 10.2 Å². The summed E-state index contributed by atoms with van der Waals surface area (Å²) >= 11 is 7.73. The lowest BCUT2D eigenvalue weighted by atomic mass is 9.87. The molecule has 0 bridgehead atoms. The number of carbonyl (C=O) groups is 2. The first-order chi connectivity index (χ1) is 17.2. The van der Waals surface area contributed by atoms with Crippen LogP contribution < -0.4 is 10.2 Å². The van der Waals surface area contributed by atoms with E-state index in [1.165, 1.54) is 17.3 Å². The van der Waals surface area contributed by atoms with Crippen LogP contribution in [0, 0.1) is 0 Å². The number of carbonyl (C=O) groups excluding carboxylic acids is 2. The number of nitrogens with zero attached hydrogens (tertiary/aromatic N) is 2. The molecule has 1 fully saturated rings. The molecule has 3 aromatic carbocycles. The van der Waals surface area contributed by atoms with Gasteiger partial charge in [-0.2, -0.15) is 0 Å². The molecule has 36 heavy (non-hydrogen) atoms. The third-order valence-electron chi connectivity index (χ3n) is 6.28. The van der Waals surface area contributed by atoms with Crippen LogP contribution in [0.4, 0.5) is 11.4 Å². The van der Waals surface area contributed by atoms with Crippen molar-refractivity contribution < 1.29 is 9.59 Å². The summed E-state index contributed by atoms with van der Waals surface area (Å²) in [5.41, 5.74) is 3.80. The van der Waals surface area contributed by atoms with Gasteiger partial charge in [-0.05, 0) is 59.5 Å². The third kappa shape index (κ3) is 6.62. The van der Waals surface area contributed by atoms with Crippen LogP contribution in [0.15, 0.2) is 77.7 Å². The summed E-state index contributed by atoms with van der Waals surface area (Å²) in [6.45, 7) is 9.33. The van der Waals surface area contributed by atoms with E-state index < -0.39 is 0 Å². The largest absolute Gasteiger partial charge is 0.368 e. The fourth-order valence-electron chi connectivity index (χ4n) is 4.13. The average Bonchev–Trinajstić information content (AvgIpc) is 2.88. The van der Waals surface area contributed by atoms with E-state index in [9.17, 15) is 9.59 Å². The predicted octanol–water partition coefficient (Wildman–Crippen LogP) is 6.33. The Morgan fingerprint density at radius 2 is 1.53 bits per heavy atom. The van der Waals surface area contributed by atoms with Crippen molar-refractivity contribution in [1.29, 1.82) is 0 Å². The van der Waals surface area contributed by atoms with E-state index in [2.05, 4.69) is 55.3 Å². The fourth-order valence-corrected chi connectivity index (χ4v) is 5.04. The van der Waals surface area contributed by atoms with Crippen LogP contribution in [0.25, 0.3) is 0 Å². The molecule has 0 radical (unpaired) electrons. The maximum Gasteiger partial charge on any atom is 0.255 e. The third-order valence-corrected chi connectivity index (χ3v) is 7.62. The lowest BCUT2D eigenvalue weighted by Gasteiger charge is -2.36. The predicted molar refractivity (Wildman–Crippen MR) is 151 cm³/mol. The zero-order valence-electron chi connectivity index (χ0n) is 21.0. The lowest BCUT2D eigenvalue weighted by molar-refractivity contribution is -0.113. The molecule has 1 heterocycles. The van der Waals surface area contributed by atoms with Gasteiger partial charge in [-0.25, -0.2) is 0 Å². The number of thioether (sulfide) groups is 1. The van der Waals surface area contributed by atoms with Gasteiger partial charge >= 0.3 is 0 Å². The van der Waals surface area contributed by atoms with Crippen molar-refractivity contribution in [2.45, 2.75) is 31.1 Å². The summed E-state index contributed by atoms with van der Waals surface area (Å²) in [6, 6.07) is 23.5. The molecule has 0 spiro atoms. The van der Waals surface area contributed by atoms with Crippen LogP contribution in [0.2, 0.25) is 5.02 Å². The van der Waals surface area contributed by atoms with Crippen LogP contribution >= 0.6 is 23.4 Å². The van der Waals surface area contributed by atoms with Crippen molar-refractivity contribution in [2.24, 2.45) is 0 Å². The first kappa shape index (κ1) is 26.1. The van der Waals surface area contributed by atoms with Crippen LogP contribution in [0.5, 0.6) is 0 Å². The molecule has 5 nitrogen and oxygen atoms in total. The van der Waals surface area contributed by atoms with Crippen molar-refractivity contribution in [2.75, 3.05) is 42.1 Å². The first-order valence-corrected chi connectivity index (χ1v) is 13.5. The maximum absolute atomic E-state index is 12.8. The molecule has 0 aromatic heterocycles. The number of hydrogen-bond acceptors (Lipinski definition) is 4. The Bertz CT molecular complexity index is 1200. The van der Waals surface area contributed by atoms with Gasteiger partial charge in [0.15, 0.2) is 0 Å². The van der Waals surface area contributed by atoms with Gasteiger partial charge in [0.25, 0.3) is 5.91 Å². The Kier molecular flexibility index (Phi) is 8.27. The van der Waals surface area contributed by atoms with Crippen LogP contribution in [0.1, 0.15) is 36.7 Å². The Morgan fingerprint density at radius 1 is 0.889 bits per heavy atom. The van der Waals surface area contributed by atoms with E-state index in [0.717, 1.165) is 29.4 Å². The maximum atomic E-state index is 12.8. The number of hydrogen-bond donors (Lipinski definition) is 1. The molecule has 0 unspecified atom stereocenters. The average molecular weight is 522 g/mol. The number of halogens is 1. The number of nitrogens with one attached hydrogen (secondary N) is 1. The molecule has 0 aliphatic carbocycles. The Morgan fingerprint density at radius 3 is 2.14 bits per heavy atom. The van der Waals surface area contributed by atoms with Gasteiger partial charge in [-0.3, -0.25) is 9.59 Å². The lowest BCUT2D eigenvalue weighted by Crippen LogP contribution is -2.48. The van der Waals surface area contributed by atoms with E-state index in [4.69, 9.17) is 11.6 Å². The molecule has 0 saturated carbocycles. The van der Waals surface area contributed by atoms with E-state index in [1.54, 1.807) is 12.1 Å². The molecule has 3 aromatic rings. The molecule has 1 aliphatic heterocycles. The van der Waals surface area contributed by atoms with Gasteiger partial charge in [0.2, 0.25) is 5.91 Å². The summed E-state index contributed by atoms with van der Waals surface area (Å²) in [7, 11) is 0. The van der Waals surface area contributed by atoms with Crippen molar-refractivity contribution >= 4 is 46.6 Å².